The summed E-state index contributed by atoms with van der Waals surface area (Å²) in [6, 6.07) is -1.61. The van der Waals surface area contributed by atoms with Crippen LogP contribution in [-0.2, 0) is 9.59 Å². The fraction of sp³-hybridized carbons (Fsp3) is 0.800. The number of aliphatic hydroxyl groups is 1. The van der Waals surface area contributed by atoms with Crippen molar-refractivity contribution in [2.45, 2.75) is 44.4 Å². The van der Waals surface area contributed by atoms with E-state index in [1.54, 1.807) is 0 Å². The Bertz CT molecular complexity index is 282. The van der Waals surface area contributed by atoms with Crippen LogP contribution in [0, 0.1) is 0 Å². The van der Waals surface area contributed by atoms with Crippen molar-refractivity contribution in [2.75, 3.05) is 6.54 Å². The number of carbonyl (C=O) groups is 2. The smallest absolute Gasteiger partial charge is 0.326 e. The van der Waals surface area contributed by atoms with Gasteiger partial charge in [-0.25, -0.2) is 4.79 Å². The molecule has 0 saturated carbocycles. The Hall–Kier alpha value is -1.14. The first-order valence-electron chi connectivity index (χ1n) is 5.44. The molecule has 1 fully saturated rings. The number of likely N-dealkylation sites (tertiary alicyclic amines) is 1. The maximum Gasteiger partial charge on any atom is 0.326 e. The van der Waals surface area contributed by atoms with Crippen molar-refractivity contribution in [3.8, 4) is 0 Å². The molecular formula is C10H18N2O4. The lowest BCUT2D eigenvalue weighted by Gasteiger charge is -2.24. The molecule has 0 bridgehead atoms. The van der Waals surface area contributed by atoms with E-state index < -0.39 is 24.2 Å². The number of aliphatic carboxylic acids is 1. The van der Waals surface area contributed by atoms with Gasteiger partial charge in [0, 0.05) is 13.0 Å². The van der Waals surface area contributed by atoms with Crippen LogP contribution in [0.5, 0.6) is 0 Å². The first kappa shape index (κ1) is 12.9. The average molecular weight is 230 g/mol. The molecule has 92 valence electrons. The fourth-order valence-corrected chi connectivity index (χ4v) is 1.94. The summed E-state index contributed by atoms with van der Waals surface area (Å²) in [7, 11) is 0. The average Bonchev–Trinajstić information content (AvgIpc) is 2.59. The molecule has 0 radical (unpaired) electrons. The van der Waals surface area contributed by atoms with Gasteiger partial charge in [-0.3, -0.25) is 4.79 Å². The van der Waals surface area contributed by atoms with E-state index in [1.165, 1.54) is 4.90 Å². The van der Waals surface area contributed by atoms with Crippen molar-refractivity contribution in [1.82, 2.24) is 4.90 Å². The molecule has 4 N–H and O–H groups in total. The van der Waals surface area contributed by atoms with Gasteiger partial charge in [0.2, 0.25) is 5.91 Å². The maximum atomic E-state index is 11.8. The highest BCUT2D eigenvalue weighted by Crippen LogP contribution is 2.19. The zero-order valence-corrected chi connectivity index (χ0v) is 9.30. The summed E-state index contributed by atoms with van der Waals surface area (Å²) in [5.74, 6) is -1.47. The van der Waals surface area contributed by atoms with E-state index in [0.29, 0.717) is 6.42 Å². The number of β-amino-alcohol motifs (C(OH)–C–C–N with tert-alkyl or cyclic N) is 1. The Morgan fingerprint density at radius 3 is 2.69 bits per heavy atom. The molecule has 1 saturated heterocycles. The predicted molar refractivity (Wildman–Crippen MR) is 56.6 cm³/mol. The molecule has 0 spiro atoms. The maximum absolute atomic E-state index is 11.8. The molecule has 16 heavy (non-hydrogen) atoms. The van der Waals surface area contributed by atoms with E-state index in [0.717, 1.165) is 6.42 Å². The van der Waals surface area contributed by atoms with Crippen LogP contribution in [0.3, 0.4) is 0 Å². The van der Waals surface area contributed by atoms with Crippen molar-refractivity contribution in [3.05, 3.63) is 0 Å². The molecule has 1 amide bonds. The van der Waals surface area contributed by atoms with Crippen LogP contribution in [0.2, 0.25) is 0 Å². The van der Waals surface area contributed by atoms with E-state index in [2.05, 4.69) is 0 Å². The van der Waals surface area contributed by atoms with E-state index in [9.17, 15) is 14.7 Å². The molecule has 0 aliphatic carbocycles. The highest BCUT2D eigenvalue weighted by molar-refractivity contribution is 5.87. The van der Waals surface area contributed by atoms with Gasteiger partial charge in [-0.15, -0.1) is 0 Å². The SMILES string of the molecule is CCC[C@@H](N)C(=O)N1C[C@@H](O)C[C@H]1C(=O)O. The molecule has 0 aromatic rings. The minimum atomic E-state index is -1.09. The number of nitrogens with zero attached hydrogens (tertiary/aromatic N) is 1. The zero-order valence-electron chi connectivity index (χ0n) is 9.30. The molecule has 0 unspecified atom stereocenters. The lowest BCUT2D eigenvalue weighted by atomic mass is 10.1. The summed E-state index contributed by atoms with van der Waals surface area (Å²) in [6.45, 7) is 1.97. The van der Waals surface area contributed by atoms with Crippen molar-refractivity contribution in [3.63, 3.8) is 0 Å². The Morgan fingerprint density at radius 2 is 2.19 bits per heavy atom. The Labute approximate surface area is 94.0 Å². The third-order valence-corrected chi connectivity index (χ3v) is 2.76. The number of amides is 1. The van der Waals surface area contributed by atoms with Crippen LogP contribution >= 0.6 is 0 Å². The standard InChI is InChI=1S/C10H18N2O4/c1-2-3-7(11)9(14)12-5-6(13)4-8(12)10(15)16/h6-8,13H,2-5,11H2,1H3,(H,15,16)/t6-,7+,8-/m0/s1. The summed E-state index contributed by atoms with van der Waals surface area (Å²) in [5, 5.41) is 18.3. The number of aliphatic hydroxyl groups excluding tert-OH is 1. The number of hydrogen-bond donors (Lipinski definition) is 3. The largest absolute Gasteiger partial charge is 0.480 e. The van der Waals surface area contributed by atoms with Gasteiger partial charge >= 0.3 is 5.97 Å². The Balaban J connectivity index is 2.70. The number of carbonyl (C=O) groups excluding carboxylic acids is 1. The van der Waals surface area contributed by atoms with E-state index in [1.807, 2.05) is 6.92 Å². The first-order valence-corrected chi connectivity index (χ1v) is 5.44. The van der Waals surface area contributed by atoms with Gasteiger partial charge in [-0.1, -0.05) is 13.3 Å². The third-order valence-electron chi connectivity index (χ3n) is 2.76. The second-order valence-electron chi connectivity index (χ2n) is 4.13. The van der Waals surface area contributed by atoms with Gasteiger partial charge in [0.1, 0.15) is 6.04 Å². The zero-order chi connectivity index (χ0) is 12.3. The predicted octanol–water partition coefficient (Wildman–Crippen LogP) is -0.840. The number of rotatable bonds is 4. The lowest BCUT2D eigenvalue weighted by Crippen LogP contribution is -2.48. The van der Waals surface area contributed by atoms with Gasteiger partial charge in [0.05, 0.1) is 12.1 Å². The molecule has 1 aliphatic rings. The Morgan fingerprint density at radius 1 is 1.56 bits per heavy atom. The first-order chi connectivity index (χ1) is 7.47. The normalized spacial score (nSPS) is 26.8. The van der Waals surface area contributed by atoms with Crippen LogP contribution in [0.25, 0.3) is 0 Å². The number of carboxylic acids is 1. The summed E-state index contributed by atoms with van der Waals surface area (Å²) in [5.41, 5.74) is 5.65. The summed E-state index contributed by atoms with van der Waals surface area (Å²) >= 11 is 0. The van der Waals surface area contributed by atoms with Crippen molar-refractivity contribution in [2.24, 2.45) is 5.73 Å². The van der Waals surface area contributed by atoms with Gasteiger partial charge in [-0.2, -0.15) is 0 Å². The Kier molecular flexibility index (Phi) is 4.26. The molecule has 3 atom stereocenters. The number of carboxylic acid groups (broad SMARTS) is 1. The number of hydrogen-bond acceptors (Lipinski definition) is 4. The van der Waals surface area contributed by atoms with Gasteiger partial charge in [0.15, 0.2) is 0 Å². The van der Waals surface area contributed by atoms with Crippen LogP contribution in [0.15, 0.2) is 0 Å². The quantitative estimate of drug-likeness (QED) is 0.584. The molecule has 0 aromatic carbocycles. The van der Waals surface area contributed by atoms with Gasteiger partial charge < -0.3 is 20.8 Å². The lowest BCUT2D eigenvalue weighted by molar-refractivity contribution is -0.148. The van der Waals surface area contributed by atoms with Crippen LogP contribution < -0.4 is 5.73 Å². The highest BCUT2D eigenvalue weighted by atomic mass is 16.4. The van der Waals surface area contributed by atoms with Crippen LogP contribution in [0.1, 0.15) is 26.2 Å². The molecule has 1 aliphatic heterocycles. The summed E-state index contributed by atoms with van der Waals surface area (Å²) in [4.78, 5) is 23.9. The van der Waals surface area contributed by atoms with Crippen molar-refractivity contribution >= 4 is 11.9 Å². The topological polar surface area (TPSA) is 104 Å². The summed E-state index contributed by atoms with van der Waals surface area (Å²) < 4.78 is 0. The van der Waals surface area contributed by atoms with E-state index in [4.69, 9.17) is 10.8 Å². The van der Waals surface area contributed by atoms with Crippen molar-refractivity contribution in [1.29, 1.82) is 0 Å². The summed E-state index contributed by atoms with van der Waals surface area (Å²) in [6.07, 6.45) is 0.609. The van der Waals surface area contributed by atoms with Gasteiger partial charge in [0.25, 0.3) is 0 Å². The van der Waals surface area contributed by atoms with E-state index >= 15 is 0 Å². The van der Waals surface area contributed by atoms with E-state index in [-0.39, 0.29) is 18.9 Å². The molecule has 1 heterocycles. The second-order valence-corrected chi connectivity index (χ2v) is 4.13. The molecule has 6 nitrogen and oxygen atoms in total. The number of nitrogens with two attached hydrogens (primary N) is 1. The van der Waals surface area contributed by atoms with Crippen LogP contribution in [0.4, 0.5) is 0 Å². The molecule has 0 aromatic heterocycles. The minimum Gasteiger partial charge on any atom is -0.480 e. The van der Waals surface area contributed by atoms with Gasteiger partial charge in [-0.05, 0) is 6.42 Å². The monoisotopic (exact) mass is 230 g/mol. The third kappa shape index (κ3) is 2.70. The van der Waals surface area contributed by atoms with Crippen LogP contribution in [-0.4, -0.2) is 51.7 Å². The molecule has 1 rings (SSSR count). The minimum absolute atomic E-state index is 0.0627. The highest BCUT2D eigenvalue weighted by Gasteiger charge is 2.40. The van der Waals surface area contributed by atoms with Crippen molar-refractivity contribution < 1.29 is 19.8 Å². The fourth-order valence-electron chi connectivity index (χ4n) is 1.94. The molecular weight excluding hydrogens is 212 g/mol. The second kappa shape index (κ2) is 5.27. The molecule has 6 heteroatoms.